The predicted octanol–water partition coefficient (Wildman–Crippen LogP) is 4.80. The van der Waals surface area contributed by atoms with Crippen LogP contribution in [0.25, 0.3) is 22.1 Å². The molecule has 1 heterocycles. The van der Waals surface area contributed by atoms with Gasteiger partial charge in [0.1, 0.15) is 17.6 Å². The van der Waals surface area contributed by atoms with Crippen LogP contribution in [0.1, 0.15) is 26.7 Å². The Labute approximate surface area is 146 Å². The fourth-order valence-corrected chi connectivity index (χ4v) is 2.81. The summed E-state index contributed by atoms with van der Waals surface area (Å²) >= 11 is 0. The molecule has 0 aliphatic heterocycles. The van der Waals surface area contributed by atoms with Crippen LogP contribution in [0.15, 0.2) is 64.0 Å². The van der Waals surface area contributed by atoms with E-state index >= 15 is 0 Å². The lowest BCUT2D eigenvalue weighted by molar-refractivity contribution is -0.139. The topological polar surface area (TPSA) is 56.5 Å². The highest BCUT2D eigenvalue weighted by Gasteiger charge is 2.17. The smallest absolute Gasteiger partial charge is 0.314 e. The van der Waals surface area contributed by atoms with Gasteiger partial charge in [0.2, 0.25) is 0 Å². The zero-order chi connectivity index (χ0) is 17.8. The van der Waals surface area contributed by atoms with Crippen LogP contribution in [0, 0.1) is 5.92 Å². The van der Waals surface area contributed by atoms with Crippen molar-refractivity contribution in [3.8, 4) is 16.9 Å². The normalized spacial score (nSPS) is 11.0. The van der Waals surface area contributed by atoms with Gasteiger partial charge in [0.25, 0.3) is 0 Å². The Hall–Kier alpha value is -2.88. The molecule has 0 saturated heterocycles. The van der Waals surface area contributed by atoms with E-state index < -0.39 is 0 Å². The van der Waals surface area contributed by atoms with Crippen molar-refractivity contribution in [3.63, 3.8) is 0 Å². The number of esters is 1. The lowest BCUT2D eigenvalue weighted by Gasteiger charge is -2.11. The maximum atomic E-state index is 12.7. The Morgan fingerprint density at radius 1 is 1.08 bits per heavy atom. The molecule has 0 aliphatic rings. The monoisotopic (exact) mass is 336 g/mol. The predicted molar refractivity (Wildman–Crippen MR) is 97.6 cm³/mol. The van der Waals surface area contributed by atoms with Crippen LogP contribution in [0.3, 0.4) is 0 Å². The molecule has 0 radical (unpaired) electrons. The molecule has 3 rings (SSSR count). The van der Waals surface area contributed by atoms with Gasteiger partial charge in [0, 0.05) is 6.07 Å². The van der Waals surface area contributed by atoms with Crippen molar-refractivity contribution in [2.45, 2.75) is 26.7 Å². The van der Waals surface area contributed by atoms with Crippen LogP contribution < -0.4 is 10.2 Å². The zero-order valence-electron chi connectivity index (χ0n) is 14.3. The van der Waals surface area contributed by atoms with Gasteiger partial charge in [-0.3, -0.25) is 9.59 Å². The molecule has 0 fully saturated rings. The summed E-state index contributed by atoms with van der Waals surface area (Å²) in [5, 5.41) is 0.462. The summed E-state index contributed by atoms with van der Waals surface area (Å²) in [7, 11) is 0. The summed E-state index contributed by atoms with van der Waals surface area (Å²) < 4.78 is 11.0. The molecule has 0 saturated carbocycles. The van der Waals surface area contributed by atoms with E-state index in [0.29, 0.717) is 22.3 Å². The molecule has 0 N–H and O–H groups in total. The van der Waals surface area contributed by atoms with Crippen LogP contribution in [-0.4, -0.2) is 5.97 Å². The summed E-state index contributed by atoms with van der Waals surface area (Å²) in [6.45, 7) is 3.92. The van der Waals surface area contributed by atoms with Crippen molar-refractivity contribution in [1.82, 2.24) is 0 Å². The van der Waals surface area contributed by atoms with Crippen molar-refractivity contribution in [2.75, 3.05) is 0 Å². The van der Waals surface area contributed by atoms with Gasteiger partial charge in [-0.15, -0.1) is 0 Å². The number of carbonyl (C=O) groups is 1. The largest absolute Gasteiger partial charge is 0.463 e. The molecule has 1 aromatic heterocycles. The molecular formula is C21H20O4. The second-order valence-corrected chi connectivity index (χ2v) is 5.94. The van der Waals surface area contributed by atoms with E-state index in [-0.39, 0.29) is 17.3 Å². The molecule has 0 atom stereocenters. The van der Waals surface area contributed by atoms with Gasteiger partial charge in [-0.1, -0.05) is 44.2 Å². The molecule has 0 amide bonds. The average molecular weight is 336 g/mol. The molecule has 0 spiro atoms. The third kappa shape index (κ3) is 3.48. The maximum absolute atomic E-state index is 12.7. The Balaban J connectivity index is 1.95. The fourth-order valence-electron chi connectivity index (χ4n) is 2.81. The lowest BCUT2D eigenvalue weighted by Crippen LogP contribution is -2.19. The number of ether oxygens (including phenoxy) is 1. The third-order valence-corrected chi connectivity index (χ3v) is 4.37. The molecule has 0 unspecified atom stereocenters. The minimum Gasteiger partial charge on any atom is -0.463 e. The first kappa shape index (κ1) is 17.0. The molecule has 4 nitrogen and oxygen atoms in total. The molecule has 2 aromatic carbocycles. The molecule has 3 aromatic rings. The highest BCUT2D eigenvalue weighted by atomic mass is 16.5. The van der Waals surface area contributed by atoms with E-state index in [9.17, 15) is 9.59 Å². The number of hydrogen-bond acceptors (Lipinski definition) is 4. The van der Waals surface area contributed by atoms with E-state index in [4.69, 9.17) is 9.15 Å². The molecule has 0 aliphatic carbocycles. The number of rotatable bonds is 5. The van der Waals surface area contributed by atoms with Gasteiger partial charge in [-0.2, -0.15) is 0 Å². The summed E-state index contributed by atoms with van der Waals surface area (Å²) in [4.78, 5) is 24.8. The van der Waals surface area contributed by atoms with Crippen LogP contribution in [0.2, 0.25) is 0 Å². The average Bonchev–Trinajstić information content (AvgIpc) is 2.64. The van der Waals surface area contributed by atoms with Gasteiger partial charge < -0.3 is 9.15 Å². The SMILES string of the molecule is CCC(CC)C(=O)Oc1ccc2c(=O)c(-c3ccccc3)coc2c1. The van der Waals surface area contributed by atoms with Crippen molar-refractivity contribution >= 4 is 16.9 Å². The van der Waals surface area contributed by atoms with Crippen LogP contribution in [0.4, 0.5) is 0 Å². The van der Waals surface area contributed by atoms with E-state index in [1.807, 2.05) is 44.2 Å². The molecule has 25 heavy (non-hydrogen) atoms. The van der Waals surface area contributed by atoms with E-state index in [0.717, 1.165) is 18.4 Å². The van der Waals surface area contributed by atoms with Crippen molar-refractivity contribution < 1.29 is 13.9 Å². The van der Waals surface area contributed by atoms with Crippen molar-refractivity contribution in [1.29, 1.82) is 0 Å². The first-order chi connectivity index (χ1) is 12.1. The highest BCUT2D eigenvalue weighted by molar-refractivity contribution is 5.83. The summed E-state index contributed by atoms with van der Waals surface area (Å²) in [6, 6.07) is 14.2. The standard InChI is InChI=1S/C21H20O4/c1-3-14(4-2)21(23)25-16-10-11-17-19(12-16)24-13-18(20(17)22)15-8-6-5-7-9-15/h5-14H,3-4H2,1-2H3. The number of fused-ring (bicyclic) bond motifs is 1. The van der Waals surface area contributed by atoms with E-state index in [1.54, 1.807) is 18.2 Å². The zero-order valence-corrected chi connectivity index (χ0v) is 14.3. The van der Waals surface area contributed by atoms with Crippen molar-refractivity contribution in [3.05, 3.63) is 65.0 Å². The van der Waals surface area contributed by atoms with Gasteiger partial charge in [-0.25, -0.2) is 0 Å². The Morgan fingerprint density at radius 2 is 1.80 bits per heavy atom. The van der Waals surface area contributed by atoms with Crippen molar-refractivity contribution in [2.24, 2.45) is 5.92 Å². The Kier molecular flexibility index (Phi) is 4.98. The summed E-state index contributed by atoms with van der Waals surface area (Å²) in [6.07, 6.45) is 2.92. The Morgan fingerprint density at radius 3 is 2.48 bits per heavy atom. The summed E-state index contributed by atoms with van der Waals surface area (Å²) in [5.74, 6) is 0.00998. The molecule has 128 valence electrons. The first-order valence-corrected chi connectivity index (χ1v) is 8.46. The second-order valence-electron chi connectivity index (χ2n) is 5.94. The van der Waals surface area contributed by atoms with Gasteiger partial charge in [-0.05, 0) is 30.5 Å². The van der Waals surface area contributed by atoms with E-state index in [2.05, 4.69) is 0 Å². The first-order valence-electron chi connectivity index (χ1n) is 8.46. The number of carbonyl (C=O) groups excluding carboxylic acids is 1. The second kappa shape index (κ2) is 7.34. The number of benzene rings is 2. The van der Waals surface area contributed by atoms with Crippen LogP contribution in [-0.2, 0) is 4.79 Å². The van der Waals surface area contributed by atoms with Gasteiger partial charge in [0.15, 0.2) is 5.43 Å². The van der Waals surface area contributed by atoms with Crippen LogP contribution >= 0.6 is 0 Å². The number of hydrogen-bond donors (Lipinski definition) is 0. The fraction of sp³-hybridized carbons (Fsp3) is 0.238. The van der Waals surface area contributed by atoms with E-state index in [1.165, 1.54) is 6.26 Å². The molecular weight excluding hydrogens is 316 g/mol. The minimum absolute atomic E-state index is 0.106. The lowest BCUT2D eigenvalue weighted by atomic mass is 10.0. The Bertz CT molecular complexity index is 937. The van der Waals surface area contributed by atoms with Gasteiger partial charge >= 0.3 is 5.97 Å². The third-order valence-electron chi connectivity index (χ3n) is 4.37. The highest BCUT2D eigenvalue weighted by Crippen LogP contribution is 2.24. The molecule has 0 bridgehead atoms. The quantitative estimate of drug-likeness (QED) is 0.496. The molecule has 4 heteroatoms. The summed E-state index contributed by atoms with van der Waals surface area (Å²) in [5.41, 5.74) is 1.61. The maximum Gasteiger partial charge on any atom is 0.314 e. The van der Waals surface area contributed by atoms with Gasteiger partial charge in [0.05, 0.1) is 16.9 Å². The van der Waals surface area contributed by atoms with Crippen LogP contribution in [0.5, 0.6) is 5.75 Å². The minimum atomic E-state index is -0.257.